The van der Waals surface area contributed by atoms with E-state index in [9.17, 15) is 4.79 Å². The van der Waals surface area contributed by atoms with Gasteiger partial charge in [-0.2, -0.15) is 0 Å². The number of amides is 1. The summed E-state index contributed by atoms with van der Waals surface area (Å²) < 4.78 is 0. The first-order chi connectivity index (χ1) is 9.66. The molecule has 1 saturated carbocycles. The molecular weight excluding hydrogens is 250 g/mol. The van der Waals surface area contributed by atoms with E-state index in [0.29, 0.717) is 12.3 Å². The Hall–Kier alpha value is -1.55. The van der Waals surface area contributed by atoms with Gasteiger partial charge in [-0.05, 0) is 30.9 Å². The van der Waals surface area contributed by atoms with Gasteiger partial charge in [0.05, 0.1) is 11.4 Å². The van der Waals surface area contributed by atoms with Gasteiger partial charge in [-0.25, -0.2) is 0 Å². The van der Waals surface area contributed by atoms with Crippen LogP contribution in [0.2, 0.25) is 0 Å². The van der Waals surface area contributed by atoms with Crippen molar-refractivity contribution < 1.29 is 4.79 Å². The second-order valence-electron chi connectivity index (χ2n) is 6.01. The summed E-state index contributed by atoms with van der Waals surface area (Å²) >= 11 is 0. The van der Waals surface area contributed by atoms with E-state index in [0.717, 1.165) is 37.3 Å². The van der Waals surface area contributed by atoms with Crippen molar-refractivity contribution in [3.63, 3.8) is 0 Å². The van der Waals surface area contributed by atoms with Crippen LogP contribution in [0.3, 0.4) is 0 Å². The minimum Gasteiger partial charge on any atom is -0.371 e. The highest BCUT2D eigenvalue weighted by molar-refractivity contribution is 5.98. The van der Waals surface area contributed by atoms with Gasteiger partial charge in [0.1, 0.15) is 0 Å². The number of para-hydroxylation sites is 2. The van der Waals surface area contributed by atoms with Gasteiger partial charge < -0.3 is 15.5 Å². The Bertz CT molecular complexity index is 502. The number of anilines is 2. The molecule has 1 amide bonds. The largest absolute Gasteiger partial charge is 0.371 e. The van der Waals surface area contributed by atoms with Crippen LogP contribution in [0.4, 0.5) is 11.4 Å². The van der Waals surface area contributed by atoms with E-state index in [1.54, 1.807) is 0 Å². The molecule has 0 spiro atoms. The van der Waals surface area contributed by atoms with E-state index in [2.05, 4.69) is 18.0 Å². The maximum absolute atomic E-state index is 12.6. The summed E-state index contributed by atoms with van der Waals surface area (Å²) in [5.41, 5.74) is 8.28. The number of nitrogens with zero attached hydrogens (tertiary/aromatic N) is 2. The van der Waals surface area contributed by atoms with E-state index >= 15 is 0 Å². The first-order valence-electron chi connectivity index (χ1n) is 7.53. The molecule has 0 saturated heterocycles. The molecule has 0 radical (unpaired) electrons. The Morgan fingerprint density at radius 2 is 2.00 bits per heavy atom. The summed E-state index contributed by atoms with van der Waals surface area (Å²) in [5, 5.41) is 0. The second-order valence-corrected chi connectivity index (χ2v) is 6.01. The predicted octanol–water partition coefficient (Wildman–Crippen LogP) is 1.99. The van der Waals surface area contributed by atoms with Crippen LogP contribution in [0.15, 0.2) is 24.3 Å². The summed E-state index contributed by atoms with van der Waals surface area (Å²) in [4.78, 5) is 16.8. The van der Waals surface area contributed by atoms with Crippen molar-refractivity contribution in [1.82, 2.24) is 0 Å². The van der Waals surface area contributed by atoms with Crippen LogP contribution < -0.4 is 15.5 Å². The monoisotopic (exact) mass is 273 g/mol. The molecular formula is C16H23N3O. The second kappa shape index (κ2) is 5.44. The summed E-state index contributed by atoms with van der Waals surface area (Å²) in [6, 6.07) is 8.35. The maximum atomic E-state index is 12.6. The van der Waals surface area contributed by atoms with Gasteiger partial charge in [-0.1, -0.05) is 18.6 Å². The smallest absolute Gasteiger partial charge is 0.227 e. The van der Waals surface area contributed by atoms with Gasteiger partial charge >= 0.3 is 0 Å². The zero-order chi connectivity index (χ0) is 14.1. The number of fused-ring (bicyclic) bond motifs is 1. The highest BCUT2D eigenvalue weighted by Crippen LogP contribution is 2.34. The average molecular weight is 273 g/mol. The Morgan fingerprint density at radius 1 is 1.25 bits per heavy atom. The Kier molecular flexibility index (Phi) is 3.66. The number of hydrogen-bond acceptors (Lipinski definition) is 3. The topological polar surface area (TPSA) is 49.6 Å². The van der Waals surface area contributed by atoms with Crippen LogP contribution in [-0.2, 0) is 4.79 Å². The Morgan fingerprint density at radius 3 is 2.70 bits per heavy atom. The molecule has 1 fully saturated rings. The van der Waals surface area contributed by atoms with Crippen LogP contribution in [0.1, 0.15) is 25.7 Å². The van der Waals surface area contributed by atoms with Gasteiger partial charge in [-0.3, -0.25) is 4.79 Å². The lowest BCUT2D eigenvalue weighted by Crippen LogP contribution is -2.43. The van der Waals surface area contributed by atoms with Crippen molar-refractivity contribution in [1.29, 1.82) is 0 Å². The van der Waals surface area contributed by atoms with Crippen molar-refractivity contribution >= 4 is 17.3 Å². The standard InChI is InChI=1S/C16H23N3O/c1-18-9-10-19(15-8-3-2-7-14(15)18)16(20)11-12-5-4-6-13(12)17/h2-3,7-8,12-13H,4-6,9-11,17H2,1H3/t12-,13+/m0/s1. The van der Waals surface area contributed by atoms with Gasteiger partial charge in [0.2, 0.25) is 5.91 Å². The van der Waals surface area contributed by atoms with Crippen molar-refractivity contribution in [3.05, 3.63) is 24.3 Å². The highest BCUT2D eigenvalue weighted by Gasteiger charge is 2.30. The number of nitrogens with two attached hydrogens (primary N) is 1. The number of benzene rings is 1. The van der Waals surface area contributed by atoms with E-state index < -0.39 is 0 Å². The van der Waals surface area contributed by atoms with Gasteiger partial charge in [0.15, 0.2) is 0 Å². The third-order valence-electron chi connectivity index (χ3n) is 4.70. The first-order valence-corrected chi connectivity index (χ1v) is 7.53. The van der Waals surface area contributed by atoms with Crippen LogP contribution in [0, 0.1) is 5.92 Å². The average Bonchev–Trinajstić information content (AvgIpc) is 2.85. The van der Waals surface area contributed by atoms with Gasteiger partial charge in [-0.15, -0.1) is 0 Å². The number of likely N-dealkylation sites (N-methyl/N-ethyl adjacent to an activating group) is 1. The molecule has 3 rings (SSSR count). The summed E-state index contributed by atoms with van der Waals surface area (Å²) in [7, 11) is 2.08. The lowest BCUT2D eigenvalue weighted by atomic mass is 9.99. The fourth-order valence-corrected chi connectivity index (χ4v) is 3.42. The van der Waals surface area contributed by atoms with Crippen LogP contribution >= 0.6 is 0 Å². The Labute approximate surface area is 120 Å². The minimum absolute atomic E-state index is 0.210. The number of rotatable bonds is 2. The maximum Gasteiger partial charge on any atom is 0.227 e. The Balaban J connectivity index is 1.77. The zero-order valence-electron chi connectivity index (χ0n) is 12.1. The third-order valence-corrected chi connectivity index (χ3v) is 4.70. The van der Waals surface area contributed by atoms with E-state index in [4.69, 9.17) is 5.73 Å². The molecule has 1 heterocycles. The van der Waals surface area contributed by atoms with Crippen LogP contribution in [0.5, 0.6) is 0 Å². The molecule has 0 unspecified atom stereocenters. The normalized spacial score (nSPS) is 25.7. The molecule has 2 N–H and O–H groups in total. The summed E-state index contributed by atoms with van der Waals surface area (Å²) in [6.45, 7) is 1.66. The molecule has 1 aliphatic carbocycles. The van der Waals surface area contributed by atoms with E-state index in [1.165, 1.54) is 6.42 Å². The summed E-state index contributed by atoms with van der Waals surface area (Å²) in [5.74, 6) is 0.599. The van der Waals surface area contributed by atoms with Crippen molar-refractivity contribution in [3.8, 4) is 0 Å². The van der Waals surface area contributed by atoms with E-state index in [-0.39, 0.29) is 11.9 Å². The molecule has 1 aromatic carbocycles. The minimum atomic E-state index is 0.210. The molecule has 20 heavy (non-hydrogen) atoms. The fourth-order valence-electron chi connectivity index (χ4n) is 3.42. The van der Waals surface area contributed by atoms with Crippen LogP contribution in [-0.4, -0.2) is 32.1 Å². The molecule has 4 heteroatoms. The van der Waals surface area contributed by atoms with Gasteiger partial charge in [0.25, 0.3) is 0 Å². The predicted molar refractivity (Wildman–Crippen MR) is 82.0 cm³/mol. The lowest BCUT2D eigenvalue weighted by Gasteiger charge is -2.36. The van der Waals surface area contributed by atoms with Crippen molar-refractivity contribution in [2.45, 2.75) is 31.7 Å². The highest BCUT2D eigenvalue weighted by atomic mass is 16.2. The lowest BCUT2D eigenvalue weighted by molar-refractivity contribution is -0.119. The number of carbonyl (C=O) groups is 1. The summed E-state index contributed by atoms with van der Waals surface area (Å²) in [6.07, 6.45) is 3.93. The molecule has 1 aromatic rings. The third kappa shape index (κ3) is 2.40. The molecule has 2 aliphatic rings. The molecule has 0 aromatic heterocycles. The molecule has 2 atom stereocenters. The van der Waals surface area contributed by atoms with Crippen molar-refractivity contribution in [2.75, 3.05) is 29.9 Å². The number of hydrogen-bond donors (Lipinski definition) is 1. The zero-order valence-corrected chi connectivity index (χ0v) is 12.1. The molecule has 108 valence electrons. The first kappa shape index (κ1) is 13.4. The molecule has 4 nitrogen and oxygen atoms in total. The van der Waals surface area contributed by atoms with Crippen molar-refractivity contribution in [2.24, 2.45) is 11.7 Å². The number of carbonyl (C=O) groups excluding carboxylic acids is 1. The van der Waals surface area contributed by atoms with E-state index in [1.807, 2.05) is 23.1 Å². The van der Waals surface area contributed by atoms with Crippen LogP contribution in [0.25, 0.3) is 0 Å². The quantitative estimate of drug-likeness (QED) is 0.896. The SMILES string of the molecule is CN1CCN(C(=O)C[C@@H]2CCC[C@H]2N)c2ccccc21. The molecule has 0 bridgehead atoms. The fraction of sp³-hybridized carbons (Fsp3) is 0.562. The van der Waals surface area contributed by atoms with Gasteiger partial charge in [0, 0.05) is 32.6 Å². The molecule has 1 aliphatic heterocycles.